The minimum absolute atomic E-state index is 0.00974. The van der Waals surface area contributed by atoms with Gasteiger partial charge in [-0.05, 0) is 49.1 Å². The lowest BCUT2D eigenvalue weighted by molar-refractivity contribution is -0.133. The molecule has 0 aliphatic carbocycles. The number of carbonyl (C=O) groups is 1. The summed E-state index contributed by atoms with van der Waals surface area (Å²) in [7, 11) is 0. The van der Waals surface area contributed by atoms with Crippen LogP contribution in [-0.4, -0.2) is 27.3 Å². The highest BCUT2D eigenvalue weighted by Gasteiger charge is 2.34. The number of nitrogens with zero attached hydrogens (tertiary/aromatic N) is 2. The number of carbonyl (C=O) groups excluding carboxylic acids is 1. The van der Waals surface area contributed by atoms with Gasteiger partial charge < -0.3 is 9.88 Å². The topological polar surface area (TPSA) is 49.0 Å². The van der Waals surface area contributed by atoms with E-state index in [9.17, 15) is 4.79 Å². The molecular formula is C27H27N3O. The Balaban J connectivity index is 1.39. The number of imidazole rings is 1. The smallest absolute Gasteiger partial charge is 0.230 e. The number of likely N-dealkylation sites (tertiary alicyclic amines) is 1. The average Bonchev–Trinajstić information content (AvgIpc) is 3.48. The molecule has 5 rings (SSSR count). The van der Waals surface area contributed by atoms with E-state index in [4.69, 9.17) is 0 Å². The molecule has 1 saturated heterocycles. The number of fused-ring (bicyclic) bond motifs is 1. The summed E-state index contributed by atoms with van der Waals surface area (Å²) in [5.41, 5.74) is 4.43. The molecule has 2 heterocycles. The van der Waals surface area contributed by atoms with Crippen LogP contribution in [0, 0.1) is 6.92 Å². The average molecular weight is 410 g/mol. The van der Waals surface area contributed by atoms with Gasteiger partial charge in [-0.2, -0.15) is 0 Å². The number of benzene rings is 3. The second-order valence-corrected chi connectivity index (χ2v) is 8.57. The molecule has 1 amide bonds. The van der Waals surface area contributed by atoms with Crippen LogP contribution >= 0.6 is 0 Å². The highest BCUT2D eigenvalue weighted by Crippen LogP contribution is 2.34. The molecule has 3 aromatic carbocycles. The monoisotopic (exact) mass is 409 g/mol. The maximum atomic E-state index is 13.3. The van der Waals surface area contributed by atoms with Crippen molar-refractivity contribution in [2.75, 3.05) is 6.54 Å². The first-order valence-corrected chi connectivity index (χ1v) is 11.0. The summed E-state index contributed by atoms with van der Waals surface area (Å²) in [6.07, 6.45) is 3.84. The molecule has 0 saturated carbocycles. The number of aryl methyl sites for hydroxylation is 1. The zero-order chi connectivity index (χ0) is 21.4. The van der Waals surface area contributed by atoms with E-state index in [0.29, 0.717) is 0 Å². The second kappa shape index (κ2) is 8.03. The fourth-order valence-electron chi connectivity index (χ4n) is 4.63. The molecule has 0 unspecified atom stereocenters. The van der Waals surface area contributed by atoms with Crippen molar-refractivity contribution in [2.24, 2.45) is 0 Å². The first-order chi connectivity index (χ1) is 15.1. The number of amides is 1. The fourth-order valence-corrected chi connectivity index (χ4v) is 4.63. The van der Waals surface area contributed by atoms with Crippen molar-refractivity contribution in [3.8, 4) is 11.3 Å². The second-order valence-electron chi connectivity index (χ2n) is 8.57. The first-order valence-electron chi connectivity index (χ1n) is 11.0. The van der Waals surface area contributed by atoms with E-state index in [1.54, 1.807) is 0 Å². The van der Waals surface area contributed by atoms with Gasteiger partial charge >= 0.3 is 0 Å². The van der Waals surface area contributed by atoms with Gasteiger partial charge in [0.05, 0.1) is 23.9 Å². The third kappa shape index (κ3) is 3.74. The molecule has 4 aromatic rings. The Morgan fingerprint density at radius 3 is 2.68 bits per heavy atom. The Bertz CT molecular complexity index is 1230. The Morgan fingerprint density at radius 1 is 1.06 bits per heavy atom. The van der Waals surface area contributed by atoms with Gasteiger partial charge in [0.1, 0.15) is 5.82 Å². The molecule has 4 heteroatoms. The van der Waals surface area contributed by atoms with E-state index in [1.165, 1.54) is 16.3 Å². The molecule has 0 radical (unpaired) electrons. The summed E-state index contributed by atoms with van der Waals surface area (Å²) >= 11 is 0. The Kier molecular flexibility index (Phi) is 5.06. The summed E-state index contributed by atoms with van der Waals surface area (Å²) in [4.78, 5) is 23.5. The molecule has 1 N–H and O–H groups in total. The number of hydrogen-bond acceptors (Lipinski definition) is 2. The number of H-pyrrole nitrogens is 1. The van der Waals surface area contributed by atoms with E-state index in [2.05, 4.69) is 53.3 Å². The Hall–Kier alpha value is -3.40. The molecule has 1 aliphatic heterocycles. The van der Waals surface area contributed by atoms with Gasteiger partial charge in [-0.3, -0.25) is 4.79 Å². The number of aromatic nitrogens is 2. The van der Waals surface area contributed by atoms with Crippen LogP contribution in [0.2, 0.25) is 0 Å². The van der Waals surface area contributed by atoms with Crippen LogP contribution in [0.5, 0.6) is 0 Å². The van der Waals surface area contributed by atoms with Gasteiger partial charge in [0.15, 0.2) is 0 Å². The minimum atomic E-state index is -0.153. The van der Waals surface area contributed by atoms with Gasteiger partial charge in [-0.25, -0.2) is 4.98 Å². The fraction of sp³-hybridized carbons (Fsp3) is 0.259. The molecule has 1 fully saturated rings. The first kappa shape index (κ1) is 19.6. The predicted molar refractivity (Wildman–Crippen MR) is 125 cm³/mol. The molecule has 2 atom stereocenters. The van der Waals surface area contributed by atoms with Crippen LogP contribution in [-0.2, 0) is 4.79 Å². The minimum Gasteiger partial charge on any atom is -0.340 e. The van der Waals surface area contributed by atoms with Crippen molar-refractivity contribution in [1.82, 2.24) is 14.9 Å². The molecule has 0 bridgehead atoms. The third-order valence-corrected chi connectivity index (χ3v) is 6.42. The predicted octanol–water partition coefficient (Wildman–Crippen LogP) is 6.01. The highest BCUT2D eigenvalue weighted by atomic mass is 16.2. The van der Waals surface area contributed by atoms with Gasteiger partial charge in [0.2, 0.25) is 5.91 Å². The number of hydrogen-bond donors (Lipinski definition) is 1. The van der Waals surface area contributed by atoms with Gasteiger partial charge in [0.25, 0.3) is 0 Å². The Labute approximate surface area is 182 Å². The largest absolute Gasteiger partial charge is 0.340 e. The highest BCUT2D eigenvalue weighted by molar-refractivity contribution is 5.87. The van der Waals surface area contributed by atoms with Gasteiger partial charge in [-0.15, -0.1) is 0 Å². The zero-order valence-electron chi connectivity index (χ0n) is 18.0. The molecule has 0 spiro atoms. The standard InChI is InChI=1S/C27H27N3O/c1-18-10-11-22-16-23(13-12-21(22)15-18)24-17-28-26(29-24)25-9-6-14-30(25)27(31)19(2)20-7-4-3-5-8-20/h3-5,7-8,10-13,15-17,19,25H,6,9,14H2,1-2H3,(H,28,29)/t19-,25+/m1/s1. The Morgan fingerprint density at radius 2 is 1.84 bits per heavy atom. The van der Waals surface area contributed by atoms with E-state index in [1.807, 2.05) is 48.4 Å². The van der Waals surface area contributed by atoms with Gasteiger partial charge in [-0.1, -0.05) is 66.2 Å². The number of aromatic amines is 1. The lowest BCUT2D eigenvalue weighted by atomic mass is 9.99. The van der Waals surface area contributed by atoms with Crippen LogP contribution in [0.3, 0.4) is 0 Å². The van der Waals surface area contributed by atoms with Gasteiger partial charge in [0, 0.05) is 12.1 Å². The summed E-state index contributed by atoms with van der Waals surface area (Å²) in [5.74, 6) is 0.901. The van der Waals surface area contributed by atoms with E-state index >= 15 is 0 Å². The summed E-state index contributed by atoms with van der Waals surface area (Å²) in [6, 6.07) is 23.0. The third-order valence-electron chi connectivity index (χ3n) is 6.42. The summed E-state index contributed by atoms with van der Waals surface area (Å²) < 4.78 is 0. The number of nitrogens with one attached hydrogen (secondary N) is 1. The maximum Gasteiger partial charge on any atom is 0.230 e. The normalized spacial score (nSPS) is 17.2. The van der Waals surface area contributed by atoms with E-state index in [-0.39, 0.29) is 17.9 Å². The molecule has 31 heavy (non-hydrogen) atoms. The lowest BCUT2D eigenvalue weighted by Crippen LogP contribution is -2.34. The van der Waals surface area contributed by atoms with Crippen molar-refractivity contribution in [3.05, 3.63) is 89.9 Å². The van der Waals surface area contributed by atoms with Crippen molar-refractivity contribution in [2.45, 2.75) is 38.6 Å². The van der Waals surface area contributed by atoms with Crippen molar-refractivity contribution in [3.63, 3.8) is 0 Å². The lowest BCUT2D eigenvalue weighted by Gasteiger charge is -2.26. The van der Waals surface area contributed by atoms with Crippen molar-refractivity contribution in [1.29, 1.82) is 0 Å². The summed E-state index contributed by atoms with van der Waals surface area (Å²) in [5, 5.41) is 2.46. The quantitative estimate of drug-likeness (QED) is 0.449. The molecule has 1 aliphatic rings. The van der Waals surface area contributed by atoms with Crippen LogP contribution in [0.1, 0.15) is 48.7 Å². The molecule has 1 aromatic heterocycles. The molecule has 156 valence electrons. The summed E-state index contributed by atoms with van der Waals surface area (Å²) in [6.45, 7) is 4.89. The van der Waals surface area contributed by atoms with Crippen molar-refractivity contribution < 1.29 is 4.79 Å². The zero-order valence-corrected chi connectivity index (χ0v) is 18.0. The molecule has 4 nitrogen and oxygen atoms in total. The van der Waals surface area contributed by atoms with Crippen molar-refractivity contribution >= 4 is 16.7 Å². The van der Waals surface area contributed by atoms with E-state index < -0.39 is 0 Å². The van der Waals surface area contributed by atoms with Crippen LogP contribution in [0.25, 0.3) is 22.0 Å². The van der Waals surface area contributed by atoms with E-state index in [0.717, 1.165) is 42.0 Å². The maximum absolute atomic E-state index is 13.3. The van der Waals surface area contributed by atoms with Crippen LogP contribution in [0.15, 0.2) is 72.9 Å². The van der Waals surface area contributed by atoms with Crippen LogP contribution < -0.4 is 0 Å². The van der Waals surface area contributed by atoms with Crippen LogP contribution in [0.4, 0.5) is 0 Å². The molecular weight excluding hydrogens is 382 g/mol. The SMILES string of the molecule is Cc1ccc2cc(-c3cnc([C@@H]4CCCN4C(=O)[C@H](C)c4ccccc4)[nH]3)ccc2c1. The number of rotatable bonds is 4.